The van der Waals surface area contributed by atoms with Gasteiger partial charge in [0.1, 0.15) is 11.6 Å². The molecule has 3 heterocycles. The van der Waals surface area contributed by atoms with E-state index in [1.54, 1.807) is 0 Å². The lowest BCUT2D eigenvalue weighted by Gasteiger charge is -2.16. The number of aliphatic carboxylic acids is 1. The highest BCUT2D eigenvalue weighted by atomic mass is 19.1. The average molecular weight is 347 g/mol. The summed E-state index contributed by atoms with van der Waals surface area (Å²) in [5.41, 5.74) is 2.74. The van der Waals surface area contributed by atoms with E-state index in [1.165, 1.54) is 17.8 Å². The molecule has 25 heavy (non-hydrogen) atoms. The monoisotopic (exact) mass is 347 g/mol. The highest BCUT2D eigenvalue weighted by molar-refractivity contribution is 5.72. The average Bonchev–Trinajstić information content (AvgIpc) is 3.23. The summed E-state index contributed by atoms with van der Waals surface area (Å²) in [4.78, 5) is 13.7. The normalized spacial score (nSPS) is 23.1. The number of aryl methyl sites for hydroxylation is 1. The molecule has 5 nitrogen and oxygen atoms in total. The maximum Gasteiger partial charge on any atom is 0.308 e. The quantitative estimate of drug-likeness (QED) is 0.923. The summed E-state index contributed by atoms with van der Waals surface area (Å²) in [6.45, 7) is 2.37. The Balaban J connectivity index is 1.57. The third-order valence-corrected chi connectivity index (χ3v) is 5.24. The number of fused-ring (bicyclic) bond motifs is 1. The molecule has 0 saturated carbocycles. The van der Waals surface area contributed by atoms with E-state index in [1.807, 2.05) is 15.8 Å². The van der Waals surface area contributed by atoms with Crippen LogP contribution < -0.4 is 0 Å². The van der Waals surface area contributed by atoms with Crippen molar-refractivity contribution < 1.29 is 18.7 Å². The van der Waals surface area contributed by atoms with Crippen LogP contribution in [0.25, 0.3) is 0 Å². The van der Waals surface area contributed by atoms with Crippen molar-refractivity contribution in [3.8, 4) is 0 Å². The van der Waals surface area contributed by atoms with Gasteiger partial charge in [0.25, 0.3) is 0 Å². The van der Waals surface area contributed by atoms with Gasteiger partial charge < -0.3 is 5.11 Å². The van der Waals surface area contributed by atoms with Crippen LogP contribution in [0.5, 0.6) is 0 Å². The molecule has 2 atom stereocenters. The molecule has 0 unspecified atom stereocenters. The van der Waals surface area contributed by atoms with Crippen molar-refractivity contribution in [3.63, 3.8) is 0 Å². The maximum atomic E-state index is 13.5. The molecule has 0 amide bonds. The number of likely N-dealkylation sites (tertiary alicyclic amines) is 1. The first-order valence-corrected chi connectivity index (χ1v) is 8.46. The summed E-state index contributed by atoms with van der Waals surface area (Å²) in [7, 11) is 0. The summed E-state index contributed by atoms with van der Waals surface area (Å²) < 4.78 is 29.1. The molecule has 1 aromatic carbocycles. The zero-order chi connectivity index (χ0) is 17.6. The van der Waals surface area contributed by atoms with Gasteiger partial charge in [0.2, 0.25) is 0 Å². The van der Waals surface area contributed by atoms with Gasteiger partial charge >= 0.3 is 5.97 Å². The molecule has 4 rings (SSSR count). The van der Waals surface area contributed by atoms with Gasteiger partial charge in [-0.2, -0.15) is 5.10 Å². The number of hydrogen-bond acceptors (Lipinski definition) is 3. The van der Waals surface area contributed by atoms with Crippen LogP contribution >= 0.6 is 0 Å². The third kappa shape index (κ3) is 3.04. The number of benzene rings is 1. The van der Waals surface area contributed by atoms with E-state index in [0.717, 1.165) is 31.0 Å². The molecule has 1 fully saturated rings. The van der Waals surface area contributed by atoms with Crippen molar-refractivity contribution in [2.75, 3.05) is 13.1 Å². The van der Waals surface area contributed by atoms with Crippen LogP contribution in [-0.2, 0) is 24.3 Å². The first kappa shape index (κ1) is 16.2. The van der Waals surface area contributed by atoms with Gasteiger partial charge in [0.15, 0.2) is 0 Å². The van der Waals surface area contributed by atoms with E-state index in [9.17, 15) is 18.7 Å². The van der Waals surface area contributed by atoms with Gasteiger partial charge in [0.05, 0.1) is 12.1 Å². The number of aromatic nitrogens is 2. The van der Waals surface area contributed by atoms with Gasteiger partial charge in [0, 0.05) is 49.4 Å². The number of carboxylic acids is 1. The number of rotatable bonds is 4. The number of hydrogen-bond donors (Lipinski definition) is 1. The molecule has 0 radical (unpaired) electrons. The Kier molecular flexibility index (Phi) is 4.03. The van der Waals surface area contributed by atoms with Gasteiger partial charge in [-0.1, -0.05) is 0 Å². The largest absolute Gasteiger partial charge is 0.481 e. The van der Waals surface area contributed by atoms with Crippen LogP contribution in [0.2, 0.25) is 0 Å². The van der Waals surface area contributed by atoms with E-state index < -0.39 is 29.4 Å². The van der Waals surface area contributed by atoms with Crippen molar-refractivity contribution in [1.29, 1.82) is 0 Å². The Bertz CT molecular complexity index is 800. The number of carboxylic acid groups (broad SMARTS) is 1. The Hall–Kier alpha value is -2.28. The number of carbonyl (C=O) groups is 1. The molecule has 0 bridgehead atoms. The summed E-state index contributed by atoms with van der Waals surface area (Å²) in [5, 5.41) is 13.9. The summed E-state index contributed by atoms with van der Waals surface area (Å²) in [5.74, 6) is -3.38. The third-order valence-electron chi connectivity index (χ3n) is 5.24. The highest BCUT2D eigenvalue weighted by Crippen LogP contribution is 2.35. The van der Waals surface area contributed by atoms with E-state index in [2.05, 4.69) is 5.10 Å². The van der Waals surface area contributed by atoms with Gasteiger partial charge in [-0.25, -0.2) is 8.78 Å². The number of halogens is 2. The Morgan fingerprint density at radius 3 is 2.72 bits per heavy atom. The molecule has 2 aromatic rings. The van der Waals surface area contributed by atoms with E-state index in [0.29, 0.717) is 25.2 Å². The minimum Gasteiger partial charge on any atom is -0.481 e. The molecule has 1 aromatic heterocycles. The second-order valence-corrected chi connectivity index (χ2v) is 6.89. The van der Waals surface area contributed by atoms with Crippen molar-refractivity contribution in [1.82, 2.24) is 14.7 Å². The van der Waals surface area contributed by atoms with Crippen LogP contribution in [-0.4, -0.2) is 38.8 Å². The first-order valence-electron chi connectivity index (χ1n) is 8.46. The topological polar surface area (TPSA) is 58.4 Å². The van der Waals surface area contributed by atoms with Crippen molar-refractivity contribution in [3.05, 3.63) is 52.9 Å². The first-order chi connectivity index (χ1) is 12.0. The van der Waals surface area contributed by atoms with Crippen LogP contribution in [0.1, 0.15) is 29.2 Å². The minimum atomic E-state index is -0.933. The SMILES string of the molecule is O=C(O)[C@@H]1CN(Cc2cnn3c2CCC3)C[C@H]1c1cc(F)cc(F)c1. The number of nitrogens with zero attached hydrogens (tertiary/aromatic N) is 3. The second-order valence-electron chi connectivity index (χ2n) is 6.89. The maximum absolute atomic E-state index is 13.5. The second kappa shape index (κ2) is 6.22. The van der Waals surface area contributed by atoms with Crippen molar-refractivity contribution >= 4 is 5.97 Å². The van der Waals surface area contributed by atoms with Crippen LogP contribution in [0, 0.1) is 17.6 Å². The minimum absolute atomic E-state index is 0.364. The van der Waals surface area contributed by atoms with Gasteiger partial charge in [-0.05, 0) is 30.5 Å². The fourth-order valence-corrected chi connectivity index (χ4v) is 4.09. The molecule has 1 saturated heterocycles. The summed E-state index contributed by atoms with van der Waals surface area (Å²) in [6, 6.07) is 3.29. The van der Waals surface area contributed by atoms with E-state index in [4.69, 9.17) is 0 Å². The molecule has 0 spiro atoms. The van der Waals surface area contributed by atoms with Gasteiger partial charge in [-0.15, -0.1) is 0 Å². The molecule has 1 N–H and O–H groups in total. The van der Waals surface area contributed by atoms with E-state index in [-0.39, 0.29) is 0 Å². The van der Waals surface area contributed by atoms with Crippen molar-refractivity contribution in [2.45, 2.75) is 31.8 Å². The molecule has 0 aliphatic carbocycles. The van der Waals surface area contributed by atoms with E-state index >= 15 is 0 Å². The Morgan fingerprint density at radius 2 is 2.00 bits per heavy atom. The predicted octanol–water partition coefficient (Wildman–Crippen LogP) is 2.41. The lowest BCUT2D eigenvalue weighted by Crippen LogP contribution is -2.23. The molecule has 7 heteroatoms. The standard InChI is InChI=1S/C18H19F2N3O2/c19-13-4-11(5-14(20)6-13)15-9-22(10-16(15)18(24)25)8-12-7-21-23-3-1-2-17(12)23/h4-7,15-16H,1-3,8-10H2,(H,24,25)/t15-,16+/m0/s1. The lowest BCUT2D eigenvalue weighted by atomic mass is 9.89. The lowest BCUT2D eigenvalue weighted by molar-refractivity contribution is -0.141. The zero-order valence-electron chi connectivity index (χ0n) is 13.7. The molecule has 2 aliphatic rings. The van der Waals surface area contributed by atoms with Crippen LogP contribution in [0.15, 0.2) is 24.4 Å². The predicted molar refractivity (Wildman–Crippen MR) is 86.0 cm³/mol. The van der Waals surface area contributed by atoms with Gasteiger partial charge in [-0.3, -0.25) is 14.4 Å². The molecule has 2 aliphatic heterocycles. The fourth-order valence-electron chi connectivity index (χ4n) is 4.09. The van der Waals surface area contributed by atoms with Crippen LogP contribution in [0.3, 0.4) is 0 Å². The zero-order valence-corrected chi connectivity index (χ0v) is 13.7. The molecular weight excluding hydrogens is 328 g/mol. The molecular formula is C18H19F2N3O2. The summed E-state index contributed by atoms with van der Waals surface area (Å²) >= 11 is 0. The summed E-state index contributed by atoms with van der Waals surface area (Å²) in [6.07, 6.45) is 3.92. The Morgan fingerprint density at radius 1 is 1.24 bits per heavy atom. The van der Waals surface area contributed by atoms with Crippen molar-refractivity contribution in [2.24, 2.45) is 5.92 Å². The molecule has 132 valence electrons. The highest BCUT2D eigenvalue weighted by Gasteiger charge is 2.39. The smallest absolute Gasteiger partial charge is 0.308 e. The Labute approximate surface area is 143 Å². The fraction of sp³-hybridized carbons (Fsp3) is 0.444. The van der Waals surface area contributed by atoms with Crippen LogP contribution in [0.4, 0.5) is 8.78 Å².